The van der Waals surface area contributed by atoms with E-state index in [1.807, 2.05) is 0 Å². The number of halogens is 1. The van der Waals surface area contributed by atoms with Crippen LogP contribution in [0.1, 0.15) is 11.1 Å². The molecule has 2 aromatic carbocycles. The Morgan fingerprint density at radius 3 is 2.50 bits per heavy atom. The molecule has 0 saturated heterocycles. The fraction of sp³-hybridized carbons (Fsp3) is 0.125. The molecule has 0 bridgehead atoms. The van der Waals surface area contributed by atoms with E-state index < -0.39 is 46.4 Å². The van der Waals surface area contributed by atoms with Gasteiger partial charge in [-0.15, -0.1) is 0 Å². The molecule has 0 amide bonds. The highest BCUT2D eigenvalue weighted by molar-refractivity contribution is 5.79. The SMILES string of the molecule is Cc1ccccc1Nc1c(CC(=O)O)cc([N+](=O)[O-])c(OC(=O)O)c1F. The number of rotatable bonds is 6. The molecule has 136 valence electrons. The van der Waals surface area contributed by atoms with Crippen molar-refractivity contribution in [3.63, 3.8) is 0 Å². The van der Waals surface area contributed by atoms with Gasteiger partial charge in [-0.2, -0.15) is 0 Å². The lowest BCUT2D eigenvalue weighted by Gasteiger charge is -2.16. The first-order valence-corrected chi connectivity index (χ1v) is 7.15. The Hall–Kier alpha value is -3.69. The highest BCUT2D eigenvalue weighted by atomic mass is 19.1. The van der Waals surface area contributed by atoms with Crippen LogP contribution < -0.4 is 10.1 Å². The number of nitrogens with zero attached hydrogens (tertiary/aromatic N) is 1. The largest absolute Gasteiger partial charge is 0.511 e. The van der Waals surface area contributed by atoms with Crippen LogP contribution in [0.2, 0.25) is 0 Å². The number of carbonyl (C=O) groups is 2. The van der Waals surface area contributed by atoms with Crippen LogP contribution in [-0.2, 0) is 11.2 Å². The van der Waals surface area contributed by atoms with Crippen LogP contribution in [0.25, 0.3) is 0 Å². The number of nitro benzene ring substituents is 1. The van der Waals surface area contributed by atoms with E-state index in [9.17, 15) is 24.1 Å². The first kappa shape index (κ1) is 18.6. The summed E-state index contributed by atoms with van der Waals surface area (Å²) in [5.74, 6) is -3.84. The summed E-state index contributed by atoms with van der Waals surface area (Å²) in [5.41, 5.74) is -0.539. The number of aryl methyl sites for hydroxylation is 1. The van der Waals surface area contributed by atoms with Crippen molar-refractivity contribution >= 4 is 29.2 Å². The predicted molar refractivity (Wildman–Crippen MR) is 87.5 cm³/mol. The van der Waals surface area contributed by atoms with Gasteiger partial charge in [0.1, 0.15) is 0 Å². The Bertz CT molecular complexity index is 898. The fourth-order valence-electron chi connectivity index (χ4n) is 2.28. The monoisotopic (exact) mass is 364 g/mol. The lowest BCUT2D eigenvalue weighted by Crippen LogP contribution is -2.12. The summed E-state index contributed by atoms with van der Waals surface area (Å²) in [6, 6.07) is 7.43. The molecule has 26 heavy (non-hydrogen) atoms. The van der Waals surface area contributed by atoms with Crippen molar-refractivity contribution < 1.29 is 33.9 Å². The summed E-state index contributed by atoms with van der Waals surface area (Å²) in [7, 11) is 0. The molecule has 2 aromatic rings. The number of anilines is 2. The average Bonchev–Trinajstić information content (AvgIpc) is 2.54. The number of carboxylic acid groups (broad SMARTS) is 2. The molecule has 0 radical (unpaired) electrons. The van der Waals surface area contributed by atoms with Gasteiger partial charge in [0.25, 0.3) is 0 Å². The highest BCUT2D eigenvalue weighted by Crippen LogP contribution is 2.39. The van der Waals surface area contributed by atoms with Crippen LogP contribution in [0.15, 0.2) is 30.3 Å². The quantitative estimate of drug-likeness (QED) is 0.306. The van der Waals surface area contributed by atoms with Gasteiger partial charge in [0.2, 0.25) is 5.75 Å². The Balaban J connectivity index is 2.69. The zero-order valence-electron chi connectivity index (χ0n) is 13.4. The summed E-state index contributed by atoms with van der Waals surface area (Å²) in [4.78, 5) is 31.9. The van der Waals surface area contributed by atoms with Gasteiger partial charge in [-0.25, -0.2) is 9.18 Å². The van der Waals surface area contributed by atoms with E-state index in [1.165, 1.54) is 0 Å². The number of para-hydroxylation sites is 1. The molecule has 0 spiro atoms. The second-order valence-corrected chi connectivity index (χ2v) is 5.21. The molecule has 3 N–H and O–H groups in total. The van der Waals surface area contributed by atoms with Crippen LogP contribution in [0.4, 0.5) is 26.2 Å². The molecule has 0 aromatic heterocycles. The van der Waals surface area contributed by atoms with E-state index >= 15 is 0 Å². The molecule has 0 aliphatic carbocycles. The molecular weight excluding hydrogens is 351 g/mol. The Labute approximate surface area is 145 Å². The number of hydrogen-bond acceptors (Lipinski definition) is 6. The molecule has 9 nitrogen and oxygen atoms in total. The number of aliphatic carboxylic acids is 1. The van der Waals surface area contributed by atoms with E-state index in [0.717, 1.165) is 6.07 Å². The second-order valence-electron chi connectivity index (χ2n) is 5.21. The lowest BCUT2D eigenvalue weighted by atomic mass is 10.1. The van der Waals surface area contributed by atoms with Crippen molar-refractivity contribution in [1.29, 1.82) is 0 Å². The molecule has 0 heterocycles. The highest BCUT2D eigenvalue weighted by Gasteiger charge is 2.29. The minimum absolute atomic E-state index is 0.234. The maximum absolute atomic E-state index is 14.8. The molecule has 0 unspecified atom stereocenters. The zero-order chi connectivity index (χ0) is 19.4. The van der Waals surface area contributed by atoms with Crippen molar-refractivity contribution in [3.8, 4) is 5.75 Å². The number of hydrogen-bond donors (Lipinski definition) is 3. The van der Waals surface area contributed by atoms with Crippen molar-refractivity contribution in [2.24, 2.45) is 0 Å². The number of carboxylic acids is 1. The fourth-order valence-corrected chi connectivity index (χ4v) is 2.28. The van der Waals surface area contributed by atoms with Gasteiger partial charge in [0.05, 0.1) is 17.0 Å². The minimum Gasteiger partial charge on any atom is -0.481 e. The first-order chi connectivity index (χ1) is 12.2. The Morgan fingerprint density at radius 1 is 1.31 bits per heavy atom. The number of nitrogens with one attached hydrogen (secondary N) is 1. The number of nitro groups is 1. The molecular formula is C16H13FN2O7. The molecule has 10 heteroatoms. The van der Waals surface area contributed by atoms with Crippen molar-refractivity contribution in [1.82, 2.24) is 0 Å². The van der Waals surface area contributed by atoms with E-state index in [0.29, 0.717) is 11.3 Å². The van der Waals surface area contributed by atoms with Gasteiger partial charge in [-0.3, -0.25) is 14.9 Å². The van der Waals surface area contributed by atoms with Crippen LogP contribution in [0, 0.1) is 22.9 Å². The summed E-state index contributed by atoms with van der Waals surface area (Å²) >= 11 is 0. The molecule has 2 rings (SSSR count). The Kier molecular flexibility index (Phi) is 5.36. The van der Waals surface area contributed by atoms with Crippen molar-refractivity contribution in [3.05, 3.63) is 57.4 Å². The molecule has 0 saturated carbocycles. The van der Waals surface area contributed by atoms with Crippen molar-refractivity contribution in [2.75, 3.05) is 5.32 Å². The summed E-state index contributed by atoms with van der Waals surface area (Å²) in [5, 5.41) is 31.5. The minimum atomic E-state index is -1.94. The van der Waals surface area contributed by atoms with Gasteiger partial charge >= 0.3 is 17.8 Å². The summed E-state index contributed by atoms with van der Waals surface area (Å²) in [6.45, 7) is 1.71. The second kappa shape index (κ2) is 7.47. The Morgan fingerprint density at radius 2 is 1.96 bits per heavy atom. The van der Waals surface area contributed by atoms with Gasteiger partial charge in [-0.1, -0.05) is 18.2 Å². The van der Waals surface area contributed by atoms with E-state index in [4.69, 9.17) is 10.2 Å². The van der Waals surface area contributed by atoms with Gasteiger partial charge in [0, 0.05) is 11.8 Å². The maximum atomic E-state index is 14.8. The van der Waals surface area contributed by atoms with Crippen molar-refractivity contribution in [2.45, 2.75) is 13.3 Å². The average molecular weight is 364 g/mol. The van der Waals surface area contributed by atoms with Gasteiger partial charge in [-0.05, 0) is 24.1 Å². The smallest absolute Gasteiger partial charge is 0.481 e. The third kappa shape index (κ3) is 4.04. The van der Waals surface area contributed by atoms with Gasteiger partial charge < -0.3 is 20.3 Å². The number of benzene rings is 2. The standard InChI is InChI=1S/C16H13FN2O7/c1-8-4-2-3-5-10(8)18-14-9(7-12(20)21)6-11(19(24)25)15(13(14)17)26-16(22)23/h2-6,18H,7H2,1H3,(H,20,21)(H,22,23). The molecule has 0 aliphatic rings. The van der Waals surface area contributed by atoms with Crippen LogP contribution in [0.5, 0.6) is 5.75 Å². The van der Waals surface area contributed by atoms with E-state index in [2.05, 4.69) is 10.1 Å². The first-order valence-electron chi connectivity index (χ1n) is 7.15. The van der Waals surface area contributed by atoms with E-state index in [-0.39, 0.29) is 5.56 Å². The normalized spacial score (nSPS) is 10.2. The third-order valence-electron chi connectivity index (χ3n) is 3.42. The zero-order valence-corrected chi connectivity index (χ0v) is 13.4. The molecule has 0 fully saturated rings. The number of ether oxygens (including phenoxy) is 1. The van der Waals surface area contributed by atoms with Crippen LogP contribution >= 0.6 is 0 Å². The lowest BCUT2D eigenvalue weighted by molar-refractivity contribution is -0.385. The van der Waals surface area contributed by atoms with Crippen LogP contribution in [0.3, 0.4) is 0 Å². The van der Waals surface area contributed by atoms with Gasteiger partial charge in [0.15, 0.2) is 5.82 Å². The van der Waals surface area contributed by atoms with E-state index in [1.54, 1.807) is 31.2 Å². The third-order valence-corrected chi connectivity index (χ3v) is 3.42. The molecule has 0 atom stereocenters. The topological polar surface area (TPSA) is 139 Å². The molecule has 0 aliphatic heterocycles. The maximum Gasteiger partial charge on any atom is 0.511 e. The summed E-state index contributed by atoms with van der Waals surface area (Å²) in [6.07, 6.45) is -2.67. The van der Waals surface area contributed by atoms with Crippen LogP contribution in [-0.4, -0.2) is 27.3 Å². The summed E-state index contributed by atoms with van der Waals surface area (Å²) < 4.78 is 19.1. The predicted octanol–water partition coefficient (Wildman–Crippen LogP) is 3.47.